The van der Waals surface area contributed by atoms with Crippen LogP contribution in [0.5, 0.6) is 0 Å². The van der Waals surface area contributed by atoms with Gasteiger partial charge in [0.05, 0.1) is 0 Å². The molecule has 0 aromatic rings. The molecule has 0 unspecified atom stereocenters. The lowest BCUT2D eigenvalue weighted by Crippen LogP contribution is -2.14. The van der Waals surface area contributed by atoms with Crippen molar-refractivity contribution in [3.8, 4) is 0 Å². The van der Waals surface area contributed by atoms with Crippen molar-refractivity contribution in [2.24, 2.45) is 5.73 Å². The second-order valence-electron chi connectivity index (χ2n) is 2.10. The molecule has 0 fully saturated rings. The molecule has 0 aromatic carbocycles. The molecule has 0 aliphatic heterocycles. The van der Waals surface area contributed by atoms with E-state index in [1.54, 1.807) is 0 Å². The molecule has 2 heteroatoms. The van der Waals surface area contributed by atoms with Crippen LogP contribution in [-0.4, -0.2) is 19.6 Å². The van der Waals surface area contributed by atoms with Gasteiger partial charge in [0.2, 0.25) is 0 Å². The first-order valence-corrected chi connectivity index (χ1v) is 3.62. The van der Waals surface area contributed by atoms with Gasteiger partial charge in [0.1, 0.15) is 0 Å². The maximum Gasteiger partial charge on any atom is -0.00484 e. The molecule has 0 amide bonds. The summed E-state index contributed by atoms with van der Waals surface area (Å²) in [5.41, 5.74) is 5.31. The first-order valence-electron chi connectivity index (χ1n) is 3.62. The highest BCUT2D eigenvalue weighted by Crippen LogP contribution is 1.89. The summed E-state index contributed by atoms with van der Waals surface area (Å²) in [6.07, 6.45) is 3.62. The number of nitrogens with two attached hydrogens (primary N) is 1. The Morgan fingerprint density at radius 2 is 2.00 bits per heavy atom. The van der Waals surface area contributed by atoms with Crippen LogP contribution in [0.1, 0.15) is 19.3 Å². The van der Waals surface area contributed by atoms with Gasteiger partial charge in [0.25, 0.3) is 0 Å². The van der Waals surface area contributed by atoms with Crippen LogP contribution in [0.4, 0.5) is 0 Å². The third-order valence-electron chi connectivity index (χ3n) is 1.23. The second kappa shape index (κ2) is 7.92. The van der Waals surface area contributed by atoms with Gasteiger partial charge in [-0.15, -0.1) is 0 Å². The second-order valence-corrected chi connectivity index (χ2v) is 2.10. The Morgan fingerprint density at radius 1 is 1.22 bits per heavy atom. The molecule has 0 aromatic heterocycles. The van der Waals surface area contributed by atoms with E-state index in [0.29, 0.717) is 0 Å². The standard InChI is InChI=1S/C7H17N2/c1-2-9-7-5-3-4-6-8/h9H,1-8H2. The van der Waals surface area contributed by atoms with Crippen LogP contribution < -0.4 is 11.1 Å². The third kappa shape index (κ3) is 7.92. The molecule has 55 valence electrons. The van der Waals surface area contributed by atoms with Crippen LogP contribution in [-0.2, 0) is 0 Å². The van der Waals surface area contributed by atoms with Crippen LogP contribution in [0.3, 0.4) is 0 Å². The fourth-order valence-corrected chi connectivity index (χ4v) is 0.696. The van der Waals surface area contributed by atoms with Gasteiger partial charge in [0.15, 0.2) is 0 Å². The Balaban J connectivity index is 2.60. The topological polar surface area (TPSA) is 38.0 Å². The maximum atomic E-state index is 5.31. The van der Waals surface area contributed by atoms with Crippen LogP contribution in [0.2, 0.25) is 0 Å². The largest absolute Gasteiger partial charge is 0.330 e. The molecule has 1 radical (unpaired) electrons. The molecule has 3 N–H and O–H groups in total. The molecule has 0 aliphatic carbocycles. The van der Waals surface area contributed by atoms with Crippen molar-refractivity contribution < 1.29 is 0 Å². The van der Waals surface area contributed by atoms with Crippen molar-refractivity contribution >= 4 is 0 Å². The summed E-state index contributed by atoms with van der Waals surface area (Å²) in [4.78, 5) is 0. The predicted molar refractivity (Wildman–Crippen MR) is 41.1 cm³/mol. The molecule has 0 aliphatic rings. The van der Waals surface area contributed by atoms with E-state index in [1.807, 2.05) is 0 Å². The molecule has 0 saturated carbocycles. The fraction of sp³-hybridized carbons (Fsp3) is 0.857. The molecule has 0 spiro atoms. The Bertz CT molecular complexity index is 40.2. The normalized spacial score (nSPS) is 10.0. The summed E-state index contributed by atoms with van der Waals surface area (Å²) in [5.74, 6) is 0. The quantitative estimate of drug-likeness (QED) is 0.514. The lowest BCUT2D eigenvalue weighted by atomic mass is 10.2. The smallest absolute Gasteiger partial charge is 0.00484 e. The Morgan fingerprint density at radius 3 is 2.56 bits per heavy atom. The fourth-order valence-electron chi connectivity index (χ4n) is 0.696. The first kappa shape index (κ1) is 8.92. The predicted octanol–water partition coefficient (Wildman–Crippen LogP) is 0.539. The summed E-state index contributed by atoms with van der Waals surface area (Å²) >= 11 is 0. The van der Waals surface area contributed by atoms with Crippen LogP contribution >= 0.6 is 0 Å². The summed E-state index contributed by atoms with van der Waals surface area (Å²) in [7, 11) is 0. The highest BCUT2D eigenvalue weighted by atomic mass is 14.8. The van der Waals surface area contributed by atoms with Gasteiger partial charge in [-0.05, 0) is 39.4 Å². The van der Waals surface area contributed by atoms with Crippen LogP contribution in [0.25, 0.3) is 0 Å². The Labute approximate surface area is 57.8 Å². The van der Waals surface area contributed by atoms with Crippen molar-refractivity contribution in [2.75, 3.05) is 19.6 Å². The zero-order valence-electron chi connectivity index (χ0n) is 6.03. The monoisotopic (exact) mass is 129 g/mol. The van der Waals surface area contributed by atoms with Crippen molar-refractivity contribution in [3.63, 3.8) is 0 Å². The summed E-state index contributed by atoms with van der Waals surface area (Å²) in [6, 6.07) is 0. The van der Waals surface area contributed by atoms with E-state index in [4.69, 9.17) is 5.73 Å². The number of rotatable bonds is 6. The van der Waals surface area contributed by atoms with Crippen LogP contribution in [0, 0.1) is 6.92 Å². The molecule has 0 bridgehead atoms. The summed E-state index contributed by atoms with van der Waals surface area (Å²) in [6.45, 7) is 6.41. The number of hydrogen-bond acceptors (Lipinski definition) is 2. The van der Waals surface area contributed by atoms with Gasteiger partial charge < -0.3 is 11.1 Å². The third-order valence-corrected chi connectivity index (χ3v) is 1.23. The molecule has 0 heterocycles. The average Bonchev–Trinajstić information content (AvgIpc) is 1.89. The maximum absolute atomic E-state index is 5.31. The molecular weight excluding hydrogens is 112 g/mol. The average molecular weight is 129 g/mol. The minimum absolute atomic E-state index is 0.824. The van der Waals surface area contributed by atoms with E-state index in [9.17, 15) is 0 Å². The number of nitrogens with one attached hydrogen (secondary N) is 1. The van der Waals surface area contributed by atoms with Crippen molar-refractivity contribution in [1.29, 1.82) is 0 Å². The zero-order valence-corrected chi connectivity index (χ0v) is 6.03. The Kier molecular flexibility index (Phi) is 7.85. The SMILES string of the molecule is [CH2]CNCCCCCN. The van der Waals surface area contributed by atoms with Gasteiger partial charge >= 0.3 is 0 Å². The molecule has 9 heavy (non-hydrogen) atoms. The van der Waals surface area contributed by atoms with E-state index in [2.05, 4.69) is 12.2 Å². The first-order chi connectivity index (χ1) is 4.41. The van der Waals surface area contributed by atoms with Crippen molar-refractivity contribution in [2.45, 2.75) is 19.3 Å². The van der Waals surface area contributed by atoms with Gasteiger partial charge in [0, 0.05) is 0 Å². The highest BCUT2D eigenvalue weighted by Gasteiger charge is 1.84. The Hall–Kier alpha value is -0.0800. The van der Waals surface area contributed by atoms with Crippen molar-refractivity contribution in [3.05, 3.63) is 6.92 Å². The number of unbranched alkanes of at least 4 members (excludes halogenated alkanes) is 2. The molecule has 0 atom stereocenters. The molecule has 0 saturated heterocycles. The summed E-state index contributed by atoms with van der Waals surface area (Å²) < 4.78 is 0. The van der Waals surface area contributed by atoms with E-state index in [0.717, 1.165) is 26.1 Å². The molecule has 2 nitrogen and oxygen atoms in total. The lowest BCUT2D eigenvalue weighted by Gasteiger charge is -1.98. The van der Waals surface area contributed by atoms with Gasteiger partial charge in [-0.25, -0.2) is 0 Å². The van der Waals surface area contributed by atoms with Crippen LogP contribution in [0.15, 0.2) is 0 Å². The van der Waals surface area contributed by atoms with E-state index in [-0.39, 0.29) is 0 Å². The van der Waals surface area contributed by atoms with Gasteiger partial charge in [-0.3, -0.25) is 0 Å². The highest BCUT2D eigenvalue weighted by molar-refractivity contribution is 4.49. The molecule has 0 rings (SSSR count). The van der Waals surface area contributed by atoms with Gasteiger partial charge in [-0.1, -0.05) is 6.42 Å². The minimum atomic E-state index is 0.824. The lowest BCUT2D eigenvalue weighted by molar-refractivity contribution is 0.631. The number of hydrogen-bond donors (Lipinski definition) is 2. The van der Waals surface area contributed by atoms with Crippen molar-refractivity contribution in [1.82, 2.24) is 5.32 Å². The van der Waals surface area contributed by atoms with E-state index < -0.39 is 0 Å². The van der Waals surface area contributed by atoms with E-state index >= 15 is 0 Å². The minimum Gasteiger partial charge on any atom is -0.330 e. The van der Waals surface area contributed by atoms with E-state index in [1.165, 1.54) is 12.8 Å². The van der Waals surface area contributed by atoms with Gasteiger partial charge in [-0.2, -0.15) is 0 Å². The molecular formula is C7H17N2. The summed E-state index contributed by atoms with van der Waals surface area (Å²) in [5, 5.41) is 3.16. The zero-order chi connectivity index (χ0) is 6.95.